The predicted octanol–water partition coefficient (Wildman–Crippen LogP) is 5.11. The molecule has 2 aliphatic carbocycles. The average molecular weight is 540 g/mol. The van der Waals surface area contributed by atoms with Crippen molar-refractivity contribution in [3.63, 3.8) is 0 Å². The quantitative estimate of drug-likeness (QED) is 0.395. The van der Waals surface area contributed by atoms with Crippen molar-refractivity contribution in [2.45, 2.75) is 62.4 Å². The SMILES string of the molecule is COCO[C@@H]1CC(=O)N2CC2c2ccc3c(c2)C2=CC[C@H]4OC(C)(C)O[C@@]24[C@@H]3Oc2c(OC)ccc1c2Cl. The molecule has 0 saturated carbocycles. The number of ether oxygens (including phenoxy) is 6. The fourth-order valence-electron chi connectivity index (χ4n) is 6.65. The molecule has 6 aliphatic rings. The van der Waals surface area contributed by atoms with Crippen LogP contribution in [0, 0.1) is 0 Å². The molecule has 5 atom stereocenters. The van der Waals surface area contributed by atoms with Crippen molar-refractivity contribution >= 4 is 23.1 Å². The monoisotopic (exact) mass is 539 g/mol. The van der Waals surface area contributed by atoms with E-state index in [9.17, 15) is 4.79 Å². The number of hydrogen-bond donors (Lipinski definition) is 0. The number of benzene rings is 2. The van der Waals surface area contributed by atoms with Gasteiger partial charge in [0.1, 0.15) is 12.9 Å². The van der Waals surface area contributed by atoms with Gasteiger partial charge in [0.05, 0.1) is 30.7 Å². The van der Waals surface area contributed by atoms with E-state index >= 15 is 0 Å². The van der Waals surface area contributed by atoms with Crippen molar-refractivity contribution in [2.24, 2.45) is 0 Å². The summed E-state index contributed by atoms with van der Waals surface area (Å²) < 4.78 is 36.9. The van der Waals surface area contributed by atoms with E-state index in [1.165, 1.54) is 0 Å². The van der Waals surface area contributed by atoms with Gasteiger partial charge in [0.25, 0.3) is 0 Å². The van der Waals surface area contributed by atoms with Crippen molar-refractivity contribution < 1.29 is 33.2 Å². The Morgan fingerprint density at radius 3 is 2.76 bits per heavy atom. The summed E-state index contributed by atoms with van der Waals surface area (Å²) in [5.41, 5.74) is 4.03. The molecule has 1 unspecified atom stereocenters. The predicted molar refractivity (Wildman–Crippen MR) is 138 cm³/mol. The van der Waals surface area contributed by atoms with Gasteiger partial charge in [-0.1, -0.05) is 35.9 Å². The second-order valence-electron chi connectivity index (χ2n) is 10.9. The highest BCUT2D eigenvalue weighted by Crippen LogP contribution is 2.63. The normalized spacial score (nSPS) is 31.8. The van der Waals surface area contributed by atoms with Crippen LogP contribution in [0.4, 0.5) is 0 Å². The maximum absolute atomic E-state index is 13.4. The highest BCUT2D eigenvalue weighted by Gasteiger charge is 2.67. The molecule has 200 valence electrons. The summed E-state index contributed by atoms with van der Waals surface area (Å²) in [5, 5.41) is 0.331. The summed E-state index contributed by atoms with van der Waals surface area (Å²) in [7, 11) is 3.12. The maximum Gasteiger partial charge on any atom is 0.226 e. The first kappa shape index (κ1) is 24.4. The van der Waals surface area contributed by atoms with Gasteiger partial charge in [0.15, 0.2) is 29.0 Å². The topological polar surface area (TPSA) is 75.5 Å². The summed E-state index contributed by atoms with van der Waals surface area (Å²) in [6.45, 7) is 4.55. The molecule has 1 amide bonds. The number of hydrogen-bond acceptors (Lipinski definition) is 7. The number of carbonyl (C=O) groups excluding carboxylic acids is 1. The van der Waals surface area contributed by atoms with Gasteiger partial charge < -0.3 is 33.3 Å². The molecule has 2 aromatic rings. The van der Waals surface area contributed by atoms with E-state index in [1.807, 2.05) is 24.8 Å². The van der Waals surface area contributed by atoms with Crippen LogP contribution in [0.3, 0.4) is 0 Å². The summed E-state index contributed by atoms with van der Waals surface area (Å²) in [5.74, 6) is 0.0651. The molecule has 9 heteroatoms. The molecule has 2 aromatic carbocycles. The second kappa shape index (κ2) is 8.44. The summed E-state index contributed by atoms with van der Waals surface area (Å²) >= 11 is 7.06. The lowest BCUT2D eigenvalue weighted by Crippen LogP contribution is -2.43. The summed E-state index contributed by atoms with van der Waals surface area (Å²) in [4.78, 5) is 15.2. The number of rotatable bonds is 4. The van der Waals surface area contributed by atoms with Crippen molar-refractivity contribution in [3.8, 4) is 11.5 Å². The van der Waals surface area contributed by atoms with Gasteiger partial charge in [0.2, 0.25) is 5.91 Å². The second-order valence-corrected chi connectivity index (χ2v) is 11.3. The van der Waals surface area contributed by atoms with Crippen LogP contribution >= 0.6 is 11.6 Å². The molecular weight excluding hydrogens is 510 g/mol. The first-order chi connectivity index (χ1) is 18.3. The zero-order chi connectivity index (χ0) is 26.4. The smallest absolute Gasteiger partial charge is 0.226 e. The Morgan fingerprint density at radius 2 is 1.97 bits per heavy atom. The lowest BCUT2D eigenvalue weighted by atomic mass is 9.91. The number of amides is 1. The number of halogens is 1. The zero-order valence-corrected chi connectivity index (χ0v) is 22.5. The molecular formula is C29H30ClNO7. The molecule has 2 saturated heterocycles. The fourth-order valence-corrected chi connectivity index (χ4v) is 6.97. The summed E-state index contributed by atoms with van der Waals surface area (Å²) in [6, 6.07) is 10.00. The third-order valence-electron chi connectivity index (χ3n) is 8.27. The van der Waals surface area contributed by atoms with Gasteiger partial charge in [-0.05, 0) is 49.1 Å². The van der Waals surface area contributed by atoms with E-state index in [0.29, 0.717) is 35.1 Å². The molecule has 8 nitrogen and oxygen atoms in total. The minimum Gasteiger partial charge on any atom is -0.493 e. The van der Waals surface area contributed by atoms with E-state index in [2.05, 4.69) is 24.3 Å². The highest BCUT2D eigenvalue weighted by molar-refractivity contribution is 6.33. The van der Waals surface area contributed by atoms with Gasteiger partial charge in [-0.2, -0.15) is 0 Å². The molecule has 38 heavy (non-hydrogen) atoms. The molecule has 2 fully saturated rings. The van der Waals surface area contributed by atoms with Gasteiger partial charge in [-0.3, -0.25) is 4.79 Å². The van der Waals surface area contributed by atoms with Crippen LogP contribution in [0.25, 0.3) is 5.57 Å². The standard InChI is InChI=1S/C29H30ClNO7/c1-28(2)37-23-10-8-19-18-11-15-5-6-16(18)27(29(19,23)38-28)36-26-21(34-4)9-7-17(25(26)30)22(35-14-33-3)12-24(32)31-13-20(15)31/h5-9,11,20,22-23,27H,10,12-14H2,1-4H3/t20?,22-,23-,27-,29+,31?/m1/s1. The Hall–Kier alpha value is -2.62. The Labute approximate surface area is 226 Å². The van der Waals surface area contributed by atoms with Gasteiger partial charge in [-0.15, -0.1) is 0 Å². The maximum atomic E-state index is 13.4. The molecule has 6 bridgehead atoms. The van der Waals surface area contributed by atoms with Crippen molar-refractivity contribution in [3.05, 3.63) is 63.7 Å². The van der Waals surface area contributed by atoms with Crippen LogP contribution < -0.4 is 9.47 Å². The van der Waals surface area contributed by atoms with Crippen LogP contribution in [0.5, 0.6) is 11.5 Å². The van der Waals surface area contributed by atoms with Crippen LogP contribution in [0.15, 0.2) is 36.4 Å². The minimum atomic E-state index is -0.833. The molecule has 8 rings (SSSR count). The third kappa shape index (κ3) is 3.41. The van der Waals surface area contributed by atoms with Gasteiger partial charge >= 0.3 is 0 Å². The minimum absolute atomic E-state index is 0.00761. The van der Waals surface area contributed by atoms with Crippen molar-refractivity contribution in [1.82, 2.24) is 4.90 Å². The van der Waals surface area contributed by atoms with Crippen molar-refractivity contribution in [2.75, 3.05) is 27.6 Å². The molecule has 1 spiro atoms. The van der Waals surface area contributed by atoms with E-state index in [0.717, 1.165) is 22.3 Å². The van der Waals surface area contributed by atoms with Crippen LogP contribution in [0.2, 0.25) is 5.02 Å². The number of carbonyl (C=O) groups is 1. The molecule has 4 heterocycles. The Kier molecular flexibility index (Phi) is 5.42. The van der Waals surface area contributed by atoms with E-state index in [4.69, 9.17) is 40.0 Å². The van der Waals surface area contributed by atoms with Gasteiger partial charge in [-0.25, -0.2) is 0 Å². The average Bonchev–Trinajstić information content (AvgIpc) is 3.48. The first-order valence-corrected chi connectivity index (χ1v) is 13.3. The number of fused-ring (bicyclic) bond motifs is 3. The van der Waals surface area contributed by atoms with Gasteiger partial charge in [0, 0.05) is 24.8 Å². The van der Waals surface area contributed by atoms with E-state index < -0.39 is 23.6 Å². The number of methoxy groups -OCH3 is 2. The van der Waals surface area contributed by atoms with Crippen LogP contribution in [-0.2, 0) is 23.7 Å². The van der Waals surface area contributed by atoms with Crippen LogP contribution in [-0.4, -0.2) is 55.9 Å². The lowest BCUT2D eigenvalue weighted by Gasteiger charge is -2.34. The largest absolute Gasteiger partial charge is 0.493 e. The lowest BCUT2D eigenvalue weighted by molar-refractivity contribution is -0.166. The zero-order valence-electron chi connectivity index (χ0n) is 21.8. The number of nitrogens with zero attached hydrogens (tertiary/aromatic N) is 1. The summed E-state index contributed by atoms with van der Waals surface area (Å²) in [6.07, 6.45) is 1.69. The molecule has 0 aromatic heterocycles. The molecule has 4 aliphatic heterocycles. The Morgan fingerprint density at radius 1 is 1.16 bits per heavy atom. The first-order valence-electron chi connectivity index (χ1n) is 12.9. The Bertz CT molecular complexity index is 1370. The third-order valence-corrected chi connectivity index (χ3v) is 8.66. The molecule has 0 N–H and O–H groups in total. The van der Waals surface area contributed by atoms with Crippen LogP contribution in [0.1, 0.15) is 67.2 Å². The van der Waals surface area contributed by atoms with E-state index in [-0.39, 0.29) is 31.3 Å². The fraction of sp³-hybridized carbons (Fsp3) is 0.483. The van der Waals surface area contributed by atoms with E-state index in [1.54, 1.807) is 20.3 Å². The highest BCUT2D eigenvalue weighted by atomic mass is 35.5. The molecule has 0 radical (unpaired) electrons. The van der Waals surface area contributed by atoms with Crippen molar-refractivity contribution in [1.29, 1.82) is 0 Å². The Balaban J connectivity index is 1.44.